The molecule has 17 heavy (non-hydrogen) atoms. The molecule has 0 saturated heterocycles. The molecule has 0 unspecified atom stereocenters. The molecular weight excluding hydrogens is 241 g/mol. The fraction of sp³-hybridized carbons (Fsp3) is 0.0769. The highest BCUT2D eigenvalue weighted by Gasteiger charge is 2.08. The molecule has 2 aromatic rings. The van der Waals surface area contributed by atoms with E-state index >= 15 is 0 Å². The summed E-state index contributed by atoms with van der Waals surface area (Å²) in [6.07, 6.45) is 0. The summed E-state index contributed by atoms with van der Waals surface area (Å²) in [5.41, 5.74) is 7.14. The Labute approximate surface area is 104 Å². The van der Waals surface area contributed by atoms with Crippen LogP contribution in [0.25, 0.3) is 0 Å². The number of anilines is 1. The molecule has 0 bridgehead atoms. The van der Waals surface area contributed by atoms with Gasteiger partial charge in [-0.3, -0.25) is 0 Å². The Morgan fingerprint density at radius 3 is 2.65 bits per heavy atom. The molecule has 0 radical (unpaired) electrons. The molecule has 0 aromatic heterocycles. The van der Waals surface area contributed by atoms with Crippen molar-refractivity contribution in [3.63, 3.8) is 0 Å². The van der Waals surface area contributed by atoms with Gasteiger partial charge in [0.2, 0.25) is 0 Å². The first-order valence-corrected chi connectivity index (χ1v) is 5.46. The van der Waals surface area contributed by atoms with Crippen LogP contribution in [0.4, 0.5) is 10.1 Å². The van der Waals surface area contributed by atoms with Gasteiger partial charge in [0.25, 0.3) is 0 Å². The molecule has 0 heterocycles. The quantitative estimate of drug-likeness (QED) is 0.846. The zero-order valence-corrected chi connectivity index (χ0v) is 9.75. The first kappa shape index (κ1) is 11.7. The van der Waals surface area contributed by atoms with Crippen LogP contribution in [0.3, 0.4) is 0 Å². The fourth-order valence-electron chi connectivity index (χ4n) is 1.46. The minimum atomic E-state index is -0.471. The summed E-state index contributed by atoms with van der Waals surface area (Å²) < 4.78 is 18.7. The Morgan fingerprint density at radius 2 is 1.94 bits per heavy atom. The van der Waals surface area contributed by atoms with Crippen LogP contribution in [0.1, 0.15) is 5.56 Å². The SMILES string of the molecule is Nc1cccc(COc2c(F)cccc2Cl)c1. The van der Waals surface area contributed by atoms with Gasteiger partial charge in [0.1, 0.15) is 6.61 Å². The number of nitrogens with two attached hydrogens (primary N) is 1. The summed E-state index contributed by atoms with van der Waals surface area (Å²) in [4.78, 5) is 0. The molecule has 2 nitrogen and oxygen atoms in total. The maximum absolute atomic E-state index is 13.4. The molecule has 0 saturated carbocycles. The van der Waals surface area contributed by atoms with E-state index in [1.165, 1.54) is 12.1 Å². The van der Waals surface area contributed by atoms with Crippen LogP contribution < -0.4 is 10.5 Å². The highest BCUT2D eigenvalue weighted by molar-refractivity contribution is 6.32. The molecule has 2 N–H and O–H groups in total. The third-order valence-corrected chi connectivity index (χ3v) is 2.55. The minimum Gasteiger partial charge on any atom is -0.484 e. The van der Waals surface area contributed by atoms with Gasteiger partial charge in [-0.15, -0.1) is 0 Å². The predicted octanol–water partition coefficient (Wildman–Crippen LogP) is 3.64. The lowest BCUT2D eigenvalue weighted by Crippen LogP contribution is -1.98. The second kappa shape index (κ2) is 5.06. The zero-order chi connectivity index (χ0) is 12.3. The van der Waals surface area contributed by atoms with Gasteiger partial charge in [0, 0.05) is 5.69 Å². The van der Waals surface area contributed by atoms with Crippen LogP contribution in [0, 0.1) is 5.82 Å². The average Bonchev–Trinajstić information content (AvgIpc) is 2.28. The third kappa shape index (κ3) is 2.88. The van der Waals surface area contributed by atoms with Crippen molar-refractivity contribution in [1.82, 2.24) is 0 Å². The van der Waals surface area contributed by atoms with Gasteiger partial charge in [0.15, 0.2) is 11.6 Å². The maximum atomic E-state index is 13.4. The average molecular weight is 252 g/mol. The molecule has 0 spiro atoms. The van der Waals surface area contributed by atoms with Gasteiger partial charge < -0.3 is 10.5 Å². The molecule has 4 heteroatoms. The van der Waals surface area contributed by atoms with Gasteiger partial charge in [-0.1, -0.05) is 29.8 Å². The number of nitrogen functional groups attached to an aromatic ring is 1. The van der Waals surface area contributed by atoms with Crippen LogP contribution in [0.2, 0.25) is 5.02 Å². The van der Waals surface area contributed by atoms with Crippen molar-refractivity contribution in [3.8, 4) is 5.75 Å². The highest BCUT2D eigenvalue weighted by Crippen LogP contribution is 2.28. The molecule has 2 rings (SSSR count). The number of para-hydroxylation sites is 1. The lowest BCUT2D eigenvalue weighted by molar-refractivity contribution is 0.290. The first-order valence-electron chi connectivity index (χ1n) is 5.08. The van der Waals surface area contributed by atoms with Crippen molar-refractivity contribution in [2.24, 2.45) is 0 Å². The fourth-order valence-corrected chi connectivity index (χ4v) is 1.68. The van der Waals surface area contributed by atoms with Gasteiger partial charge >= 0.3 is 0 Å². The van der Waals surface area contributed by atoms with Gasteiger partial charge in [-0.05, 0) is 29.8 Å². The Kier molecular flexibility index (Phi) is 3.49. The number of halogens is 2. The van der Waals surface area contributed by atoms with E-state index in [0.29, 0.717) is 5.69 Å². The number of rotatable bonds is 3. The van der Waals surface area contributed by atoms with Gasteiger partial charge in [0.05, 0.1) is 5.02 Å². The van der Waals surface area contributed by atoms with E-state index in [1.807, 2.05) is 12.1 Å². The Morgan fingerprint density at radius 1 is 1.18 bits per heavy atom. The number of hydrogen-bond acceptors (Lipinski definition) is 2. The predicted molar refractivity (Wildman–Crippen MR) is 66.6 cm³/mol. The van der Waals surface area contributed by atoms with E-state index in [2.05, 4.69) is 0 Å². The maximum Gasteiger partial charge on any atom is 0.174 e. The first-order chi connectivity index (χ1) is 8.16. The van der Waals surface area contributed by atoms with Crippen molar-refractivity contribution < 1.29 is 9.13 Å². The van der Waals surface area contributed by atoms with Crippen molar-refractivity contribution in [2.75, 3.05) is 5.73 Å². The van der Waals surface area contributed by atoms with Crippen LogP contribution in [0.5, 0.6) is 5.75 Å². The lowest BCUT2D eigenvalue weighted by Gasteiger charge is -2.09. The van der Waals surface area contributed by atoms with Gasteiger partial charge in [-0.2, -0.15) is 0 Å². The van der Waals surface area contributed by atoms with Crippen molar-refractivity contribution in [2.45, 2.75) is 6.61 Å². The Balaban J connectivity index is 2.13. The van der Waals surface area contributed by atoms with Gasteiger partial charge in [-0.25, -0.2) is 4.39 Å². The summed E-state index contributed by atoms with van der Waals surface area (Å²) >= 11 is 5.84. The topological polar surface area (TPSA) is 35.2 Å². The largest absolute Gasteiger partial charge is 0.484 e. The zero-order valence-electron chi connectivity index (χ0n) is 8.99. The number of hydrogen-bond donors (Lipinski definition) is 1. The van der Waals surface area contributed by atoms with E-state index < -0.39 is 5.82 Å². The molecule has 0 atom stereocenters. The van der Waals surface area contributed by atoms with Crippen molar-refractivity contribution in [3.05, 3.63) is 58.9 Å². The molecule has 0 amide bonds. The van der Waals surface area contributed by atoms with E-state index in [9.17, 15) is 4.39 Å². The molecule has 0 aliphatic heterocycles. The van der Waals surface area contributed by atoms with Crippen molar-refractivity contribution >= 4 is 17.3 Å². The third-order valence-electron chi connectivity index (χ3n) is 2.25. The second-order valence-electron chi connectivity index (χ2n) is 3.58. The molecule has 0 aliphatic rings. The number of benzene rings is 2. The van der Waals surface area contributed by atoms with Crippen molar-refractivity contribution in [1.29, 1.82) is 0 Å². The molecular formula is C13H11ClFNO. The molecule has 0 fully saturated rings. The smallest absolute Gasteiger partial charge is 0.174 e. The van der Waals surface area contributed by atoms with Crippen LogP contribution in [0.15, 0.2) is 42.5 Å². The summed E-state index contributed by atoms with van der Waals surface area (Å²) in [6.45, 7) is 0.228. The van der Waals surface area contributed by atoms with E-state index in [1.54, 1.807) is 18.2 Å². The monoisotopic (exact) mass is 251 g/mol. The second-order valence-corrected chi connectivity index (χ2v) is 3.99. The van der Waals surface area contributed by atoms with Crippen LogP contribution in [-0.2, 0) is 6.61 Å². The Bertz CT molecular complexity index is 510. The van der Waals surface area contributed by atoms with E-state index in [0.717, 1.165) is 5.56 Å². The highest BCUT2D eigenvalue weighted by atomic mass is 35.5. The molecule has 2 aromatic carbocycles. The van der Waals surface area contributed by atoms with E-state index in [4.69, 9.17) is 22.1 Å². The normalized spacial score (nSPS) is 10.2. The molecule has 0 aliphatic carbocycles. The standard InChI is InChI=1S/C13H11ClFNO/c14-11-5-2-6-12(15)13(11)17-8-9-3-1-4-10(16)7-9/h1-7H,8,16H2. The summed E-state index contributed by atoms with van der Waals surface area (Å²) in [5, 5.41) is 0.258. The molecule has 88 valence electrons. The lowest BCUT2D eigenvalue weighted by atomic mass is 10.2. The Hall–Kier alpha value is -1.74. The van der Waals surface area contributed by atoms with E-state index in [-0.39, 0.29) is 17.4 Å². The minimum absolute atomic E-state index is 0.0663. The van der Waals surface area contributed by atoms with Crippen LogP contribution >= 0.6 is 11.6 Å². The summed E-state index contributed by atoms with van der Waals surface area (Å²) in [6, 6.07) is 11.6. The number of ether oxygens (including phenoxy) is 1. The summed E-state index contributed by atoms with van der Waals surface area (Å²) in [7, 11) is 0. The summed E-state index contributed by atoms with van der Waals surface area (Å²) in [5.74, 6) is -0.405. The van der Waals surface area contributed by atoms with Crippen LogP contribution in [-0.4, -0.2) is 0 Å².